The van der Waals surface area contributed by atoms with E-state index in [4.69, 9.17) is 9.16 Å². The molecule has 0 fully saturated rings. The highest BCUT2D eigenvalue weighted by molar-refractivity contribution is 6.68. The number of hydrogen-bond donors (Lipinski definition) is 1. The Kier molecular flexibility index (Phi) is 6.92. The molecular weight excluding hydrogens is 232 g/mol. The molecule has 0 radical (unpaired) electrons. The summed E-state index contributed by atoms with van der Waals surface area (Å²) in [5.74, 6) is 0.379. The first-order valence-electron chi connectivity index (χ1n) is 6.18. The van der Waals surface area contributed by atoms with Gasteiger partial charge in [0.05, 0.1) is 0 Å². The summed E-state index contributed by atoms with van der Waals surface area (Å²) in [4.78, 5) is 0. The van der Waals surface area contributed by atoms with Crippen LogP contribution in [0.5, 0.6) is 5.75 Å². The maximum absolute atomic E-state index is 9.84. The van der Waals surface area contributed by atoms with Crippen LogP contribution in [0.2, 0.25) is 6.04 Å². The Morgan fingerprint density at radius 2 is 2.00 bits per heavy atom. The number of hydrogen-bond acceptors (Lipinski definition) is 3. The number of methoxy groups -OCH3 is 1. The lowest BCUT2D eigenvalue weighted by Gasteiger charge is -2.17. The second kappa shape index (κ2) is 8.28. The monoisotopic (exact) mass is 254 g/mol. The molecule has 0 spiro atoms. The molecule has 0 heterocycles. The summed E-state index contributed by atoms with van der Waals surface area (Å²) in [5, 5.41) is 10.9. The van der Waals surface area contributed by atoms with E-state index in [0.717, 1.165) is 37.3 Å². The van der Waals surface area contributed by atoms with E-state index in [0.29, 0.717) is 5.75 Å². The molecule has 0 amide bonds. The molecule has 1 unspecified atom stereocenters. The summed E-state index contributed by atoms with van der Waals surface area (Å²) in [6.07, 6.45) is 2.01. The summed E-state index contributed by atoms with van der Waals surface area (Å²) in [5.41, 5.74) is 0. The first kappa shape index (κ1) is 14.2. The van der Waals surface area contributed by atoms with Gasteiger partial charge in [-0.2, -0.15) is 0 Å². The summed E-state index contributed by atoms with van der Waals surface area (Å²) in [7, 11) is 0.219. The Hall–Kier alpha value is -0.843. The molecule has 0 saturated carbocycles. The SMILES string of the molecule is CCC[SiH](OCCCOC)c1ccccc1O. The van der Waals surface area contributed by atoms with E-state index in [1.807, 2.05) is 18.2 Å². The van der Waals surface area contributed by atoms with Crippen molar-refractivity contribution in [3.05, 3.63) is 24.3 Å². The molecule has 1 aromatic rings. The number of phenols is 1. The standard InChI is InChI=1S/C13H22O3Si/c1-3-11-17(16-10-6-9-15-2)13-8-5-4-7-12(13)14/h4-5,7-8,14,17H,3,6,9-11H2,1-2H3. The van der Waals surface area contributed by atoms with E-state index in [9.17, 15) is 5.11 Å². The molecule has 96 valence electrons. The molecule has 1 N–H and O–H groups in total. The van der Waals surface area contributed by atoms with Gasteiger partial charge in [0.25, 0.3) is 0 Å². The quantitative estimate of drug-likeness (QED) is 0.568. The van der Waals surface area contributed by atoms with Crippen LogP contribution in [0.3, 0.4) is 0 Å². The molecule has 0 bridgehead atoms. The van der Waals surface area contributed by atoms with Crippen LogP contribution in [-0.2, 0) is 9.16 Å². The Morgan fingerprint density at radius 3 is 2.65 bits per heavy atom. The summed E-state index contributed by atoms with van der Waals surface area (Å²) in [6, 6.07) is 8.59. The van der Waals surface area contributed by atoms with Crippen molar-refractivity contribution in [3.8, 4) is 5.75 Å². The molecule has 1 rings (SSSR count). The van der Waals surface area contributed by atoms with Crippen LogP contribution in [0.4, 0.5) is 0 Å². The Labute approximate surface area is 105 Å². The van der Waals surface area contributed by atoms with Crippen molar-refractivity contribution in [2.24, 2.45) is 0 Å². The highest BCUT2D eigenvalue weighted by atomic mass is 28.3. The average Bonchev–Trinajstić information content (AvgIpc) is 2.34. The number of benzene rings is 1. The third-order valence-electron chi connectivity index (χ3n) is 2.65. The number of aromatic hydroxyl groups is 1. The number of para-hydroxylation sites is 1. The van der Waals surface area contributed by atoms with Gasteiger partial charge in [-0.3, -0.25) is 0 Å². The van der Waals surface area contributed by atoms with E-state index in [-0.39, 0.29) is 0 Å². The molecule has 1 aromatic carbocycles. The van der Waals surface area contributed by atoms with Crippen molar-refractivity contribution in [1.29, 1.82) is 0 Å². The van der Waals surface area contributed by atoms with Gasteiger partial charge in [-0.25, -0.2) is 0 Å². The van der Waals surface area contributed by atoms with Gasteiger partial charge in [-0.1, -0.05) is 31.5 Å². The van der Waals surface area contributed by atoms with E-state index >= 15 is 0 Å². The van der Waals surface area contributed by atoms with E-state index in [1.54, 1.807) is 13.2 Å². The fourth-order valence-electron chi connectivity index (χ4n) is 1.78. The smallest absolute Gasteiger partial charge is 0.211 e. The minimum absolute atomic E-state index is 0.379. The summed E-state index contributed by atoms with van der Waals surface area (Å²) >= 11 is 0. The van der Waals surface area contributed by atoms with Crippen LogP contribution in [0.1, 0.15) is 19.8 Å². The van der Waals surface area contributed by atoms with Crippen molar-refractivity contribution in [3.63, 3.8) is 0 Å². The van der Waals surface area contributed by atoms with Crippen LogP contribution in [0.15, 0.2) is 24.3 Å². The normalized spacial score (nSPS) is 12.6. The van der Waals surface area contributed by atoms with Crippen molar-refractivity contribution >= 4 is 14.2 Å². The lowest BCUT2D eigenvalue weighted by molar-refractivity contribution is 0.172. The minimum Gasteiger partial charge on any atom is -0.508 e. The van der Waals surface area contributed by atoms with Gasteiger partial charge < -0.3 is 14.3 Å². The summed E-state index contributed by atoms with van der Waals surface area (Å²) < 4.78 is 10.9. The van der Waals surface area contributed by atoms with Crippen LogP contribution < -0.4 is 5.19 Å². The zero-order valence-electron chi connectivity index (χ0n) is 10.7. The van der Waals surface area contributed by atoms with Gasteiger partial charge in [-0.15, -0.1) is 0 Å². The Balaban J connectivity index is 2.56. The molecule has 0 saturated heterocycles. The van der Waals surface area contributed by atoms with E-state index in [1.165, 1.54) is 0 Å². The number of rotatable bonds is 8. The highest BCUT2D eigenvalue weighted by Crippen LogP contribution is 2.10. The molecule has 0 aliphatic rings. The number of ether oxygens (including phenoxy) is 1. The van der Waals surface area contributed by atoms with Gasteiger partial charge in [0.1, 0.15) is 5.75 Å². The molecule has 0 aromatic heterocycles. The molecule has 17 heavy (non-hydrogen) atoms. The molecule has 3 nitrogen and oxygen atoms in total. The molecule has 0 aliphatic carbocycles. The van der Waals surface area contributed by atoms with E-state index < -0.39 is 9.04 Å². The maximum atomic E-state index is 9.84. The van der Waals surface area contributed by atoms with E-state index in [2.05, 4.69) is 6.92 Å². The van der Waals surface area contributed by atoms with Gasteiger partial charge in [0.15, 0.2) is 0 Å². The second-order valence-electron chi connectivity index (χ2n) is 4.05. The predicted molar refractivity (Wildman–Crippen MR) is 72.4 cm³/mol. The molecular formula is C13H22O3Si. The minimum atomic E-state index is -1.48. The van der Waals surface area contributed by atoms with Crippen molar-refractivity contribution in [2.45, 2.75) is 25.8 Å². The summed E-state index contributed by atoms with van der Waals surface area (Å²) in [6.45, 7) is 3.60. The zero-order valence-corrected chi connectivity index (χ0v) is 11.8. The third-order valence-corrected chi connectivity index (χ3v) is 5.57. The second-order valence-corrected chi connectivity index (χ2v) is 6.56. The van der Waals surface area contributed by atoms with Crippen molar-refractivity contribution in [1.82, 2.24) is 0 Å². The van der Waals surface area contributed by atoms with Crippen molar-refractivity contribution in [2.75, 3.05) is 20.3 Å². The Morgan fingerprint density at radius 1 is 1.24 bits per heavy atom. The van der Waals surface area contributed by atoms with Gasteiger partial charge in [-0.05, 0) is 18.5 Å². The molecule has 0 aliphatic heterocycles. The zero-order chi connectivity index (χ0) is 12.5. The largest absolute Gasteiger partial charge is 0.508 e. The lowest BCUT2D eigenvalue weighted by Crippen LogP contribution is -2.34. The number of phenolic OH excluding ortho intramolecular Hbond substituents is 1. The van der Waals surface area contributed by atoms with Gasteiger partial charge in [0, 0.05) is 25.5 Å². The van der Waals surface area contributed by atoms with Crippen LogP contribution in [0, 0.1) is 0 Å². The first-order valence-corrected chi connectivity index (χ1v) is 8.04. The predicted octanol–water partition coefficient (Wildman–Crippen LogP) is 1.79. The topological polar surface area (TPSA) is 38.7 Å². The molecule has 1 atom stereocenters. The van der Waals surface area contributed by atoms with Crippen LogP contribution in [0.25, 0.3) is 0 Å². The van der Waals surface area contributed by atoms with Crippen LogP contribution in [-0.4, -0.2) is 34.5 Å². The van der Waals surface area contributed by atoms with Crippen molar-refractivity contribution < 1.29 is 14.3 Å². The maximum Gasteiger partial charge on any atom is 0.211 e. The fourth-order valence-corrected chi connectivity index (χ4v) is 4.16. The van der Waals surface area contributed by atoms with Crippen LogP contribution >= 0.6 is 0 Å². The molecule has 4 heteroatoms. The van der Waals surface area contributed by atoms with Gasteiger partial charge in [0.2, 0.25) is 9.04 Å². The third kappa shape index (κ3) is 4.89. The first-order chi connectivity index (χ1) is 8.29. The lowest BCUT2D eigenvalue weighted by atomic mass is 10.3. The average molecular weight is 254 g/mol. The van der Waals surface area contributed by atoms with Gasteiger partial charge >= 0.3 is 0 Å². The fraction of sp³-hybridized carbons (Fsp3) is 0.538. The highest BCUT2D eigenvalue weighted by Gasteiger charge is 2.17. The Bertz CT molecular complexity index is 317.